The molecule has 2 bridgehead atoms. The molecule has 0 amide bonds. The van der Waals surface area contributed by atoms with Gasteiger partial charge in [-0.3, -0.25) is 0 Å². The van der Waals surface area contributed by atoms with Crippen LogP contribution in [0.15, 0.2) is 30.4 Å². The van der Waals surface area contributed by atoms with Gasteiger partial charge in [-0.05, 0) is 68.6 Å². The molecule has 2 aliphatic carbocycles. The number of anilines is 1. The highest BCUT2D eigenvalue weighted by Crippen LogP contribution is 2.45. The molecule has 3 rings (SSSR count). The molecule has 1 aromatic rings. The van der Waals surface area contributed by atoms with E-state index in [0.29, 0.717) is 6.04 Å². The Hall–Kier alpha value is -1.44. The Morgan fingerprint density at radius 1 is 1.29 bits per heavy atom. The summed E-state index contributed by atoms with van der Waals surface area (Å²) < 4.78 is 5.92. The smallest absolute Gasteiger partial charge is 0.142 e. The first-order valence-corrected chi connectivity index (χ1v) is 8.35. The first kappa shape index (κ1) is 14.5. The number of fused-ring (bicyclic) bond motifs is 2. The Labute approximate surface area is 128 Å². The number of allylic oxidation sites excluding steroid dienone is 2. The molecule has 0 aliphatic heterocycles. The van der Waals surface area contributed by atoms with Crippen molar-refractivity contribution < 1.29 is 4.74 Å². The van der Waals surface area contributed by atoms with Crippen LogP contribution >= 0.6 is 0 Å². The van der Waals surface area contributed by atoms with Crippen molar-refractivity contribution in [3.05, 3.63) is 35.9 Å². The zero-order valence-electron chi connectivity index (χ0n) is 13.4. The molecule has 0 aromatic heterocycles. The first-order valence-electron chi connectivity index (χ1n) is 8.35. The van der Waals surface area contributed by atoms with Crippen LogP contribution in [0.4, 0.5) is 5.69 Å². The molecule has 21 heavy (non-hydrogen) atoms. The molecular formula is C19H27NO. The van der Waals surface area contributed by atoms with Gasteiger partial charge in [-0.25, -0.2) is 0 Å². The Morgan fingerprint density at radius 3 is 2.81 bits per heavy atom. The van der Waals surface area contributed by atoms with Crippen molar-refractivity contribution in [3.8, 4) is 5.75 Å². The number of aryl methyl sites for hydroxylation is 1. The van der Waals surface area contributed by atoms with E-state index in [9.17, 15) is 0 Å². The highest BCUT2D eigenvalue weighted by molar-refractivity contribution is 5.58. The van der Waals surface area contributed by atoms with Crippen molar-refractivity contribution in [1.29, 1.82) is 0 Å². The SMILES string of the molecule is CCCOc1cc(C)ccc1NC(C)C1CC2C=CC1C2. The van der Waals surface area contributed by atoms with Crippen molar-refractivity contribution in [2.75, 3.05) is 11.9 Å². The number of nitrogens with one attached hydrogen (secondary N) is 1. The lowest BCUT2D eigenvalue weighted by molar-refractivity contribution is 0.317. The number of hydrogen-bond acceptors (Lipinski definition) is 2. The summed E-state index contributed by atoms with van der Waals surface area (Å²) in [5.74, 6) is 3.38. The van der Waals surface area contributed by atoms with E-state index in [1.165, 1.54) is 18.4 Å². The van der Waals surface area contributed by atoms with Gasteiger partial charge in [0.25, 0.3) is 0 Å². The van der Waals surface area contributed by atoms with Crippen LogP contribution < -0.4 is 10.1 Å². The van der Waals surface area contributed by atoms with E-state index in [2.05, 4.69) is 56.4 Å². The minimum Gasteiger partial charge on any atom is -0.491 e. The third-order valence-electron chi connectivity index (χ3n) is 4.95. The van der Waals surface area contributed by atoms with Crippen LogP contribution in [0.2, 0.25) is 0 Å². The lowest BCUT2D eigenvalue weighted by Crippen LogP contribution is -2.29. The minimum absolute atomic E-state index is 0.497. The Morgan fingerprint density at radius 2 is 2.14 bits per heavy atom. The van der Waals surface area contributed by atoms with E-state index >= 15 is 0 Å². The molecule has 0 radical (unpaired) electrons. The summed E-state index contributed by atoms with van der Waals surface area (Å²) in [4.78, 5) is 0. The van der Waals surface area contributed by atoms with Gasteiger partial charge in [0.2, 0.25) is 0 Å². The fourth-order valence-electron chi connectivity index (χ4n) is 3.83. The summed E-state index contributed by atoms with van der Waals surface area (Å²) in [7, 11) is 0. The van der Waals surface area contributed by atoms with Crippen molar-refractivity contribution in [2.24, 2.45) is 17.8 Å². The molecule has 2 nitrogen and oxygen atoms in total. The van der Waals surface area contributed by atoms with Gasteiger partial charge in [0.05, 0.1) is 12.3 Å². The second-order valence-electron chi connectivity index (χ2n) is 6.73. The quantitative estimate of drug-likeness (QED) is 0.758. The van der Waals surface area contributed by atoms with E-state index in [0.717, 1.165) is 42.2 Å². The van der Waals surface area contributed by atoms with Gasteiger partial charge in [0.1, 0.15) is 5.75 Å². The molecule has 114 valence electrons. The number of benzene rings is 1. The summed E-state index contributed by atoms with van der Waals surface area (Å²) in [6.45, 7) is 7.37. The number of hydrogen-bond donors (Lipinski definition) is 1. The summed E-state index contributed by atoms with van der Waals surface area (Å²) >= 11 is 0. The van der Waals surface area contributed by atoms with Gasteiger partial charge in [0, 0.05) is 6.04 Å². The standard InChI is InChI=1S/C19H27NO/c1-4-9-21-19-10-13(2)5-8-18(19)20-14(3)17-12-15-6-7-16(17)11-15/h5-8,10,14-17,20H,4,9,11-12H2,1-3H3. The molecule has 0 spiro atoms. The second kappa shape index (κ2) is 6.13. The highest BCUT2D eigenvalue weighted by Gasteiger charge is 2.38. The molecule has 1 aromatic carbocycles. The molecule has 0 heterocycles. The van der Waals surface area contributed by atoms with Gasteiger partial charge in [0.15, 0.2) is 0 Å². The lowest BCUT2D eigenvalue weighted by atomic mass is 9.87. The summed E-state index contributed by atoms with van der Waals surface area (Å²) in [5.41, 5.74) is 2.40. The topological polar surface area (TPSA) is 21.3 Å². The maximum Gasteiger partial charge on any atom is 0.142 e. The third kappa shape index (κ3) is 3.09. The summed E-state index contributed by atoms with van der Waals surface area (Å²) in [5, 5.41) is 3.71. The highest BCUT2D eigenvalue weighted by atomic mass is 16.5. The number of ether oxygens (including phenoxy) is 1. The Kier molecular flexibility index (Phi) is 4.23. The maximum atomic E-state index is 5.92. The van der Waals surface area contributed by atoms with Crippen LogP contribution in [0.5, 0.6) is 5.75 Å². The largest absolute Gasteiger partial charge is 0.491 e. The molecular weight excluding hydrogens is 258 g/mol. The van der Waals surface area contributed by atoms with Crippen LogP contribution in [0.1, 0.15) is 38.7 Å². The van der Waals surface area contributed by atoms with E-state index in [1.807, 2.05) is 0 Å². The predicted molar refractivity (Wildman–Crippen MR) is 88.9 cm³/mol. The van der Waals surface area contributed by atoms with Crippen LogP contribution in [0.25, 0.3) is 0 Å². The fourth-order valence-corrected chi connectivity index (χ4v) is 3.83. The molecule has 0 saturated heterocycles. The average molecular weight is 285 g/mol. The Balaban J connectivity index is 1.70. The predicted octanol–water partition coefficient (Wildman–Crippen LogP) is 4.80. The van der Waals surface area contributed by atoms with Gasteiger partial charge < -0.3 is 10.1 Å². The molecule has 4 atom stereocenters. The van der Waals surface area contributed by atoms with Gasteiger partial charge in [-0.15, -0.1) is 0 Å². The zero-order chi connectivity index (χ0) is 14.8. The molecule has 4 unspecified atom stereocenters. The molecule has 2 heteroatoms. The zero-order valence-corrected chi connectivity index (χ0v) is 13.4. The van der Waals surface area contributed by atoms with Crippen LogP contribution in [-0.4, -0.2) is 12.6 Å². The Bertz CT molecular complexity index is 522. The lowest BCUT2D eigenvalue weighted by Gasteiger charge is -2.28. The summed E-state index contributed by atoms with van der Waals surface area (Å²) in [6.07, 6.45) is 8.59. The molecule has 2 aliphatic rings. The van der Waals surface area contributed by atoms with Gasteiger partial charge in [-0.2, -0.15) is 0 Å². The average Bonchev–Trinajstić information content (AvgIpc) is 3.10. The minimum atomic E-state index is 0.497. The van der Waals surface area contributed by atoms with Gasteiger partial charge >= 0.3 is 0 Å². The van der Waals surface area contributed by atoms with E-state index in [1.54, 1.807) is 0 Å². The fraction of sp³-hybridized carbons (Fsp3) is 0.579. The molecule has 1 saturated carbocycles. The monoisotopic (exact) mass is 285 g/mol. The van der Waals surface area contributed by atoms with Crippen LogP contribution in [0.3, 0.4) is 0 Å². The van der Waals surface area contributed by atoms with E-state index in [-0.39, 0.29) is 0 Å². The van der Waals surface area contributed by atoms with Crippen molar-refractivity contribution in [2.45, 2.75) is 46.1 Å². The van der Waals surface area contributed by atoms with Crippen LogP contribution in [0, 0.1) is 24.7 Å². The summed E-state index contributed by atoms with van der Waals surface area (Å²) in [6, 6.07) is 6.97. The third-order valence-corrected chi connectivity index (χ3v) is 4.95. The maximum absolute atomic E-state index is 5.92. The first-order chi connectivity index (χ1) is 10.2. The van der Waals surface area contributed by atoms with Crippen molar-refractivity contribution >= 4 is 5.69 Å². The normalized spacial score (nSPS) is 27.9. The van der Waals surface area contributed by atoms with E-state index in [4.69, 9.17) is 4.74 Å². The van der Waals surface area contributed by atoms with Crippen molar-refractivity contribution in [1.82, 2.24) is 0 Å². The van der Waals surface area contributed by atoms with Crippen molar-refractivity contribution in [3.63, 3.8) is 0 Å². The van der Waals surface area contributed by atoms with Crippen LogP contribution in [-0.2, 0) is 0 Å². The second-order valence-corrected chi connectivity index (χ2v) is 6.73. The van der Waals surface area contributed by atoms with E-state index < -0.39 is 0 Å². The molecule has 1 N–H and O–H groups in total. The molecule has 1 fully saturated rings. The van der Waals surface area contributed by atoms with Gasteiger partial charge in [-0.1, -0.05) is 25.1 Å². The number of rotatable bonds is 6.